The first-order chi connectivity index (χ1) is 8.04. The van der Waals surface area contributed by atoms with E-state index in [1.807, 2.05) is 13.8 Å². The van der Waals surface area contributed by atoms with Gasteiger partial charge in [-0.15, -0.1) is 0 Å². The monoisotopic (exact) mass is 232 g/mol. The molecule has 1 heterocycles. The Hall–Kier alpha value is -1.83. The SMILES string of the molecule is CC(C)c1c(C#N)c(NC(=O)C2CC2)nn1C. The second-order valence-electron chi connectivity index (χ2n) is 4.76. The molecule has 0 radical (unpaired) electrons. The van der Waals surface area contributed by atoms with Gasteiger partial charge in [0, 0.05) is 13.0 Å². The molecule has 1 aromatic rings. The van der Waals surface area contributed by atoms with Gasteiger partial charge in [-0.2, -0.15) is 10.4 Å². The fraction of sp³-hybridized carbons (Fsp3) is 0.583. The third-order valence-corrected chi connectivity index (χ3v) is 2.94. The maximum atomic E-state index is 11.7. The third-order valence-electron chi connectivity index (χ3n) is 2.94. The summed E-state index contributed by atoms with van der Waals surface area (Å²) in [4.78, 5) is 11.7. The van der Waals surface area contributed by atoms with Crippen LogP contribution >= 0.6 is 0 Å². The van der Waals surface area contributed by atoms with Crippen LogP contribution in [0.3, 0.4) is 0 Å². The van der Waals surface area contributed by atoms with Gasteiger partial charge in [-0.3, -0.25) is 9.48 Å². The second-order valence-corrected chi connectivity index (χ2v) is 4.76. The Labute approximate surface area is 100 Å². The molecule has 1 fully saturated rings. The molecule has 1 aliphatic rings. The molecule has 1 amide bonds. The van der Waals surface area contributed by atoms with Gasteiger partial charge in [0.25, 0.3) is 0 Å². The average molecular weight is 232 g/mol. The van der Waals surface area contributed by atoms with Crippen molar-refractivity contribution in [2.45, 2.75) is 32.6 Å². The van der Waals surface area contributed by atoms with Crippen molar-refractivity contribution in [1.29, 1.82) is 5.26 Å². The van der Waals surface area contributed by atoms with E-state index in [0.717, 1.165) is 18.5 Å². The van der Waals surface area contributed by atoms with E-state index >= 15 is 0 Å². The first-order valence-corrected chi connectivity index (χ1v) is 5.82. The summed E-state index contributed by atoms with van der Waals surface area (Å²) in [5, 5.41) is 16.1. The van der Waals surface area contributed by atoms with Gasteiger partial charge in [-0.05, 0) is 18.8 Å². The van der Waals surface area contributed by atoms with Crippen LogP contribution in [0, 0.1) is 17.2 Å². The zero-order valence-corrected chi connectivity index (χ0v) is 10.3. The number of carbonyl (C=O) groups is 1. The van der Waals surface area contributed by atoms with Crippen LogP contribution in [0.5, 0.6) is 0 Å². The quantitative estimate of drug-likeness (QED) is 0.863. The average Bonchev–Trinajstić information content (AvgIpc) is 3.03. The van der Waals surface area contributed by atoms with Gasteiger partial charge in [0.15, 0.2) is 5.82 Å². The first-order valence-electron chi connectivity index (χ1n) is 5.82. The number of amides is 1. The second kappa shape index (κ2) is 4.21. The van der Waals surface area contributed by atoms with Gasteiger partial charge in [-0.1, -0.05) is 13.8 Å². The fourth-order valence-corrected chi connectivity index (χ4v) is 1.96. The van der Waals surface area contributed by atoms with Crippen molar-refractivity contribution in [2.24, 2.45) is 13.0 Å². The summed E-state index contributed by atoms with van der Waals surface area (Å²) in [6.45, 7) is 4.01. The minimum absolute atomic E-state index is 0.0186. The van der Waals surface area contributed by atoms with Gasteiger partial charge in [0.2, 0.25) is 5.91 Å². The maximum Gasteiger partial charge on any atom is 0.228 e. The lowest BCUT2D eigenvalue weighted by molar-refractivity contribution is -0.117. The van der Waals surface area contributed by atoms with Crippen LogP contribution in [0.25, 0.3) is 0 Å². The van der Waals surface area contributed by atoms with E-state index in [1.165, 1.54) is 0 Å². The highest BCUT2D eigenvalue weighted by molar-refractivity contribution is 5.94. The topological polar surface area (TPSA) is 70.7 Å². The number of nitrogens with zero attached hydrogens (tertiary/aromatic N) is 3. The lowest BCUT2D eigenvalue weighted by Crippen LogP contribution is -2.14. The zero-order chi connectivity index (χ0) is 12.6. The van der Waals surface area contributed by atoms with Crippen molar-refractivity contribution in [2.75, 3.05) is 5.32 Å². The van der Waals surface area contributed by atoms with E-state index < -0.39 is 0 Å². The smallest absolute Gasteiger partial charge is 0.228 e. The standard InChI is InChI=1S/C12H16N4O/c1-7(2)10-9(6-13)11(15-16(10)3)14-12(17)8-4-5-8/h7-8H,4-5H2,1-3H3,(H,14,15,17). The lowest BCUT2D eigenvalue weighted by Gasteiger charge is -2.04. The van der Waals surface area contributed by atoms with Gasteiger partial charge >= 0.3 is 0 Å². The Bertz CT molecular complexity index is 491. The summed E-state index contributed by atoms with van der Waals surface area (Å²) in [5.41, 5.74) is 1.34. The van der Waals surface area contributed by atoms with Crippen LogP contribution in [-0.4, -0.2) is 15.7 Å². The minimum atomic E-state index is -0.0186. The van der Waals surface area contributed by atoms with E-state index in [4.69, 9.17) is 0 Å². The van der Waals surface area contributed by atoms with E-state index in [-0.39, 0.29) is 17.7 Å². The van der Waals surface area contributed by atoms with Gasteiger partial charge < -0.3 is 5.32 Å². The van der Waals surface area contributed by atoms with Crippen molar-refractivity contribution < 1.29 is 4.79 Å². The number of carbonyl (C=O) groups excluding carboxylic acids is 1. The van der Waals surface area contributed by atoms with Crippen LogP contribution in [0.2, 0.25) is 0 Å². The molecule has 0 unspecified atom stereocenters. The minimum Gasteiger partial charge on any atom is -0.308 e. The Kier molecular flexibility index (Phi) is 2.88. The van der Waals surface area contributed by atoms with Crippen LogP contribution in [0.4, 0.5) is 5.82 Å². The summed E-state index contributed by atoms with van der Waals surface area (Å²) < 4.78 is 1.67. The van der Waals surface area contributed by atoms with E-state index in [2.05, 4.69) is 16.5 Å². The Morgan fingerprint density at radius 3 is 2.71 bits per heavy atom. The summed E-state index contributed by atoms with van der Waals surface area (Å²) >= 11 is 0. The predicted octanol–water partition coefficient (Wildman–Crippen LogP) is 1.76. The molecule has 17 heavy (non-hydrogen) atoms. The molecule has 0 saturated heterocycles. The highest BCUT2D eigenvalue weighted by Gasteiger charge is 2.31. The molecule has 1 aliphatic carbocycles. The Morgan fingerprint density at radius 1 is 1.59 bits per heavy atom. The van der Waals surface area contributed by atoms with Crippen molar-refractivity contribution >= 4 is 11.7 Å². The number of nitrogens with one attached hydrogen (secondary N) is 1. The van der Waals surface area contributed by atoms with Gasteiger partial charge in [0.1, 0.15) is 11.6 Å². The van der Waals surface area contributed by atoms with Crippen molar-refractivity contribution in [1.82, 2.24) is 9.78 Å². The molecule has 0 aromatic carbocycles. The number of hydrogen-bond donors (Lipinski definition) is 1. The largest absolute Gasteiger partial charge is 0.308 e. The number of aromatic nitrogens is 2. The molecule has 0 bridgehead atoms. The summed E-state index contributed by atoms with van der Waals surface area (Å²) in [5.74, 6) is 0.699. The van der Waals surface area contributed by atoms with Crippen LogP contribution < -0.4 is 5.32 Å². The molecule has 5 nitrogen and oxygen atoms in total. The first kappa shape index (κ1) is 11.6. The third kappa shape index (κ3) is 2.16. The molecule has 2 rings (SSSR count). The zero-order valence-electron chi connectivity index (χ0n) is 10.3. The molecule has 1 aromatic heterocycles. The number of nitriles is 1. The lowest BCUT2D eigenvalue weighted by atomic mass is 10.1. The highest BCUT2D eigenvalue weighted by Crippen LogP contribution is 2.31. The molecule has 0 atom stereocenters. The van der Waals surface area contributed by atoms with Crippen molar-refractivity contribution in [3.05, 3.63) is 11.3 Å². The summed E-state index contributed by atoms with van der Waals surface area (Å²) in [7, 11) is 1.79. The van der Waals surface area contributed by atoms with Crippen LogP contribution in [0.1, 0.15) is 43.9 Å². The molecular formula is C12H16N4O. The number of rotatable bonds is 3. The number of aryl methyl sites for hydroxylation is 1. The molecule has 90 valence electrons. The molecule has 0 aliphatic heterocycles. The van der Waals surface area contributed by atoms with Gasteiger partial charge in [0.05, 0.1) is 5.69 Å². The number of anilines is 1. The Morgan fingerprint density at radius 2 is 2.24 bits per heavy atom. The number of hydrogen-bond acceptors (Lipinski definition) is 3. The predicted molar refractivity (Wildman–Crippen MR) is 63.4 cm³/mol. The molecule has 1 N–H and O–H groups in total. The molecule has 0 spiro atoms. The molecular weight excluding hydrogens is 216 g/mol. The van der Waals surface area contributed by atoms with Crippen LogP contribution in [-0.2, 0) is 11.8 Å². The highest BCUT2D eigenvalue weighted by atomic mass is 16.2. The molecule has 1 saturated carbocycles. The summed E-state index contributed by atoms with van der Waals surface area (Å²) in [6.07, 6.45) is 1.88. The fourth-order valence-electron chi connectivity index (χ4n) is 1.96. The van der Waals surface area contributed by atoms with Crippen molar-refractivity contribution in [3.63, 3.8) is 0 Å². The normalized spacial score (nSPS) is 14.8. The summed E-state index contributed by atoms with van der Waals surface area (Å²) in [6, 6.07) is 2.13. The van der Waals surface area contributed by atoms with E-state index in [1.54, 1.807) is 11.7 Å². The van der Waals surface area contributed by atoms with Gasteiger partial charge in [-0.25, -0.2) is 0 Å². The molecule has 5 heteroatoms. The van der Waals surface area contributed by atoms with Crippen LogP contribution in [0.15, 0.2) is 0 Å². The Balaban J connectivity index is 2.31. The maximum absolute atomic E-state index is 11.7. The van der Waals surface area contributed by atoms with Crippen molar-refractivity contribution in [3.8, 4) is 6.07 Å². The van der Waals surface area contributed by atoms with E-state index in [9.17, 15) is 10.1 Å². The van der Waals surface area contributed by atoms with E-state index in [0.29, 0.717) is 11.4 Å².